The van der Waals surface area contributed by atoms with Crippen molar-refractivity contribution in [2.75, 3.05) is 11.4 Å². The predicted molar refractivity (Wildman–Crippen MR) is 99.5 cm³/mol. The van der Waals surface area contributed by atoms with Gasteiger partial charge >= 0.3 is 0 Å². The van der Waals surface area contributed by atoms with Crippen LogP contribution in [0.25, 0.3) is 5.69 Å². The number of halogens is 1. The number of hydrogen-bond donors (Lipinski definition) is 0. The summed E-state index contributed by atoms with van der Waals surface area (Å²) in [6.07, 6.45) is 3.26. The Morgan fingerprint density at radius 2 is 1.96 bits per heavy atom. The van der Waals surface area contributed by atoms with Crippen LogP contribution in [-0.2, 0) is 0 Å². The Hall–Kier alpha value is -3.07. The zero-order chi connectivity index (χ0) is 18.7. The first-order valence-corrected chi connectivity index (χ1v) is 8.53. The van der Waals surface area contributed by atoms with Crippen molar-refractivity contribution in [1.29, 1.82) is 0 Å². The summed E-state index contributed by atoms with van der Waals surface area (Å²) in [7, 11) is 0. The summed E-state index contributed by atoms with van der Waals surface area (Å²) in [4.78, 5) is 28.8. The SMILES string of the molecule is CCN(C(=O)c1ccn(-c2ccc([N+](=O)[O-])cc2)n1)c1ccc(Br)cn1. The quantitative estimate of drug-likeness (QED) is 0.468. The van der Waals surface area contributed by atoms with Gasteiger partial charge in [-0.1, -0.05) is 0 Å². The number of carbonyl (C=O) groups excluding carboxylic acids is 1. The van der Waals surface area contributed by atoms with Gasteiger partial charge in [-0.15, -0.1) is 0 Å². The molecule has 0 aliphatic heterocycles. The Morgan fingerprint density at radius 1 is 1.23 bits per heavy atom. The van der Waals surface area contributed by atoms with E-state index in [1.54, 1.807) is 36.7 Å². The standard InChI is InChI=1S/C17H14BrN5O3/c1-2-21(16-8-3-12(18)11-19-16)17(24)15-9-10-22(20-15)13-4-6-14(7-5-13)23(25)26/h3-11H,2H2,1H3. The molecule has 0 saturated carbocycles. The molecule has 0 spiro atoms. The molecule has 0 N–H and O–H groups in total. The number of non-ortho nitro benzene ring substituents is 1. The monoisotopic (exact) mass is 415 g/mol. The van der Waals surface area contributed by atoms with Crippen LogP contribution in [-0.4, -0.2) is 32.1 Å². The lowest BCUT2D eigenvalue weighted by Crippen LogP contribution is -2.31. The lowest BCUT2D eigenvalue weighted by molar-refractivity contribution is -0.384. The fourth-order valence-corrected chi connectivity index (χ4v) is 2.62. The maximum absolute atomic E-state index is 12.8. The molecule has 1 aromatic carbocycles. The van der Waals surface area contributed by atoms with Crippen molar-refractivity contribution < 1.29 is 9.72 Å². The molecule has 26 heavy (non-hydrogen) atoms. The molecule has 0 atom stereocenters. The zero-order valence-electron chi connectivity index (χ0n) is 13.7. The number of benzene rings is 1. The number of aromatic nitrogens is 3. The molecule has 2 heterocycles. The van der Waals surface area contributed by atoms with E-state index in [1.165, 1.54) is 21.7 Å². The highest BCUT2D eigenvalue weighted by molar-refractivity contribution is 9.10. The molecule has 0 radical (unpaired) electrons. The van der Waals surface area contributed by atoms with E-state index in [4.69, 9.17) is 0 Å². The number of carbonyl (C=O) groups is 1. The molecule has 2 aromatic heterocycles. The van der Waals surface area contributed by atoms with E-state index < -0.39 is 4.92 Å². The molecule has 1 amide bonds. The molecule has 0 fully saturated rings. The van der Waals surface area contributed by atoms with E-state index >= 15 is 0 Å². The lowest BCUT2D eigenvalue weighted by Gasteiger charge is -2.18. The maximum Gasteiger partial charge on any atom is 0.279 e. The van der Waals surface area contributed by atoms with Crippen LogP contribution in [0.4, 0.5) is 11.5 Å². The molecular weight excluding hydrogens is 402 g/mol. The fourth-order valence-electron chi connectivity index (χ4n) is 2.38. The summed E-state index contributed by atoms with van der Waals surface area (Å²) in [5.41, 5.74) is 0.880. The van der Waals surface area contributed by atoms with Crippen molar-refractivity contribution in [1.82, 2.24) is 14.8 Å². The molecule has 0 unspecified atom stereocenters. The topological polar surface area (TPSA) is 94.2 Å². The second-order valence-electron chi connectivity index (χ2n) is 5.30. The van der Waals surface area contributed by atoms with Crippen molar-refractivity contribution in [3.63, 3.8) is 0 Å². The number of nitro groups is 1. The van der Waals surface area contributed by atoms with Crippen molar-refractivity contribution in [2.24, 2.45) is 0 Å². The van der Waals surface area contributed by atoms with Gasteiger partial charge in [-0.2, -0.15) is 5.10 Å². The Morgan fingerprint density at radius 3 is 2.54 bits per heavy atom. The van der Waals surface area contributed by atoms with Gasteiger partial charge in [-0.25, -0.2) is 9.67 Å². The number of pyridine rings is 1. The van der Waals surface area contributed by atoms with E-state index in [0.717, 1.165) is 4.47 Å². The number of amides is 1. The molecule has 132 valence electrons. The van der Waals surface area contributed by atoms with Crippen LogP contribution in [0.15, 0.2) is 59.3 Å². The summed E-state index contributed by atoms with van der Waals surface area (Å²) in [6.45, 7) is 2.30. The number of rotatable bonds is 5. The van der Waals surface area contributed by atoms with Crippen molar-refractivity contribution in [2.45, 2.75) is 6.92 Å². The van der Waals surface area contributed by atoms with Gasteiger partial charge in [-0.05, 0) is 53.2 Å². The average Bonchev–Trinajstić information content (AvgIpc) is 3.14. The highest BCUT2D eigenvalue weighted by Gasteiger charge is 2.20. The fraction of sp³-hybridized carbons (Fsp3) is 0.118. The van der Waals surface area contributed by atoms with Gasteiger partial charge in [-0.3, -0.25) is 19.8 Å². The molecule has 0 saturated heterocycles. The molecule has 0 aliphatic rings. The van der Waals surface area contributed by atoms with E-state index in [2.05, 4.69) is 26.0 Å². The van der Waals surface area contributed by atoms with Crippen LogP contribution in [0.2, 0.25) is 0 Å². The molecular formula is C17H14BrN5O3. The second-order valence-corrected chi connectivity index (χ2v) is 6.22. The predicted octanol–water partition coefficient (Wildman–Crippen LogP) is 3.60. The minimum absolute atomic E-state index is 0.00400. The summed E-state index contributed by atoms with van der Waals surface area (Å²) < 4.78 is 2.33. The van der Waals surface area contributed by atoms with Gasteiger partial charge < -0.3 is 0 Å². The molecule has 3 rings (SSSR count). The van der Waals surface area contributed by atoms with Gasteiger partial charge in [0.25, 0.3) is 11.6 Å². The third-order valence-corrected chi connectivity index (χ3v) is 4.15. The van der Waals surface area contributed by atoms with E-state index in [9.17, 15) is 14.9 Å². The van der Waals surface area contributed by atoms with Gasteiger partial charge in [0.05, 0.1) is 10.6 Å². The second kappa shape index (κ2) is 7.44. The highest BCUT2D eigenvalue weighted by Crippen LogP contribution is 2.18. The summed E-state index contributed by atoms with van der Waals surface area (Å²) >= 11 is 3.32. The normalized spacial score (nSPS) is 10.5. The van der Waals surface area contributed by atoms with Crippen LogP contribution in [0.1, 0.15) is 17.4 Å². The Bertz CT molecular complexity index is 938. The average molecular weight is 416 g/mol. The van der Waals surface area contributed by atoms with Crippen molar-refractivity contribution >= 4 is 33.3 Å². The molecule has 9 heteroatoms. The van der Waals surface area contributed by atoms with Crippen molar-refractivity contribution in [3.05, 3.63) is 75.1 Å². The number of hydrogen-bond acceptors (Lipinski definition) is 5. The van der Waals surface area contributed by atoms with Crippen LogP contribution >= 0.6 is 15.9 Å². The van der Waals surface area contributed by atoms with Gasteiger partial charge in [0.1, 0.15) is 5.82 Å². The van der Waals surface area contributed by atoms with Gasteiger partial charge in [0.15, 0.2) is 5.69 Å². The summed E-state index contributed by atoms with van der Waals surface area (Å²) in [5.74, 6) is 0.258. The first-order chi connectivity index (χ1) is 12.5. The maximum atomic E-state index is 12.8. The summed E-state index contributed by atoms with van der Waals surface area (Å²) in [6, 6.07) is 11.1. The lowest BCUT2D eigenvalue weighted by atomic mass is 10.3. The Balaban J connectivity index is 1.84. The van der Waals surface area contributed by atoms with Gasteiger partial charge in [0, 0.05) is 35.5 Å². The zero-order valence-corrected chi connectivity index (χ0v) is 15.3. The minimum Gasteiger partial charge on any atom is -0.292 e. The largest absolute Gasteiger partial charge is 0.292 e. The van der Waals surface area contributed by atoms with Gasteiger partial charge in [0.2, 0.25) is 0 Å². The summed E-state index contributed by atoms with van der Waals surface area (Å²) in [5, 5.41) is 15.0. The van der Waals surface area contributed by atoms with Crippen LogP contribution in [0, 0.1) is 10.1 Å². The molecule has 0 bridgehead atoms. The third-order valence-electron chi connectivity index (χ3n) is 3.68. The van der Waals surface area contributed by atoms with E-state index in [0.29, 0.717) is 18.1 Å². The highest BCUT2D eigenvalue weighted by atomic mass is 79.9. The van der Waals surface area contributed by atoms with Crippen LogP contribution in [0.5, 0.6) is 0 Å². The first kappa shape index (κ1) is 17.7. The number of nitro benzene ring substituents is 1. The smallest absolute Gasteiger partial charge is 0.279 e. The third kappa shape index (κ3) is 3.62. The van der Waals surface area contributed by atoms with E-state index in [-0.39, 0.29) is 17.3 Å². The Kier molecular flexibility index (Phi) is 5.08. The Labute approximate surface area is 157 Å². The molecule has 3 aromatic rings. The molecule has 8 nitrogen and oxygen atoms in total. The number of anilines is 1. The van der Waals surface area contributed by atoms with E-state index in [1.807, 2.05) is 13.0 Å². The van der Waals surface area contributed by atoms with Crippen LogP contribution in [0.3, 0.4) is 0 Å². The minimum atomic E-state index is -0.466. The molecule has 0 aliphatic carbocycles. The van der Waals surface area contributed by atoms with Crippen LogP contribution < -0.4 is 4.90 Å². The first-order valence-electron chi connectivity index (χ1n) is 7.73. The number of nitrogens with zero attached hydrogens (tertiary/aromatic N) is 5. The van der Waals surface area contributed by atoms with Crippen molar-refractivity contribution in [3.8, 4) is 5.69 Å².